The molecule has 1 aliphatic heterocycles. The molecule has 2 nitrogen and oxygen atoms in total. The first-order valence-corrected chi connectivity index (χ1v) is 6.79. The Morgan fingerprint density at radius 3 is 2.59 bits per heavy atom. The zero-order valence-corrected chi connectivity index (χ0v) is 11.5. The Hall–Kier alpha value is -1.18. The van der Waals surface area contributed by atoms with E-state index >= 15 is 0 Å². The lowest BCUT2D eigenvalue weighted by molar-refractivity contribution is 0.577. The van der Waals surface area contributed by atoms with Gasteiger partial charge in [-0.15, -0.1) is 0 Å². The summed E-state index contributed by atoms with van der Waals surface area (Å²) in [6.07, 6.45) is 2.42. The van der Waals surface area contributed by atoms with E-state index in [1.54, 1.807) is 0 Å². The molecule has 0 aromatic heterocycles. The number of rotatable bonds is 3. The molecule has 1 unspecified atom stereocenters. The summed E-state index contributed by atoms with van der Waals surface area (Å²) in [4.78, 5) is 2.58. The van der Waals surface area contributed by atoms with Crippen LogP contribution in [0.5, 0.6) is 0 Å². The van der Waals surface area contributed by atoms with E-state index in [9.17, 15) is 0 Å². The number of nitrogens with one attached hydrogen (secondary N) is 1. The van der Waals surface area contributed by atoms with Gasteiger partial charge < -0.3 is 10.2 Å². The molecule has 2 rings (SSSR count). The molecule has 1 N–H and O–H groups in total. The topological polar surface area (TPSA) is 15.3 Å². The van der Waals surface area contributed by atoms with Crippen molar-refractivity contribution in [3.05, 3.63) is 23.3 Å². The normalized spacial score (nSPS) is 18.8. The largest absolute Gasteiger partial charge is 0.381 e. The Kier molecular flexibility index (Phi) is 3.60. The second-order valence-corrected chi connectivity index (χ2v) is 5.09. The summed E-state index contributed by atoms with van der Waals surface area (Å²) in [6, 6.07) is 5.28. The lowest BCUT2D eigenvalue weighted by atomic mass is 10.0. The number of hydrogen-bond donors (Lipinski definition) is 1. The summed E-state index contributed by atoms with van der Waals surface area (Å²) in [6.45, 7) is 11.2. The maximum Gasteiger partial charge on any atom is 0.0608 e. The second-order valence-electron chi connectivity index (χ2n) is 5.09. The fourth-order valence-corrected chi connectivity index (χ4v) is 2.62. The Bertz CT molecular complexity index is 398. The van der Waals surface area contributed by atoms with Gasteiger partial charge in [0, 0.05) is 19.1 Å². The predicted octanol–water partition coefficient (Wildman–Crippen LogP) is 3.72. The Morgan fingerprint density at radius 2 is 1.94 bits per heavy atom. The van der Waals surface area contributed by atoms with Crippen molar-refractivity contribution in [2.24, 2.45) is 0 Å². The highest BCUT2D eigenvalue weighted by Crippen LogP contribution is 2.34. The summed E-state index contributed by atoms with van der Waals surface area (Å²) in [5, 5.41) is 3.58. The van der Waals surface area contributed by atoms with E-state index in [1.165, 1.54) is 35.3 Å². The van der Waals surface area contributed by atoms with Gasteiger partial charge in [0.05, 0.1) is 11.4 Å². The lowest BCUT2D eigenvalue weighted by Crippen LogP contribution is -2.44. The van der Waals surface area contributed by atoms with E-state index in [0.717, 1.165) is 13.1 Å². The number of fused-ring (bicyclic) bond motifs is 1. The zero-order chi connectivity index (χ0) is 12.4. The van der Waals surface area contributed by atoms with Crippen LogP contribution in [0.2, 0.25) is 0 Å². The van der Waals surface area contributed by atoms with Crippen LogP contribution in [-0.4, -0.2) is 19.1 Å². The van der Waals surface area contributed by atoms with Gasteiger partial charge in [-0.3, -0.25) is 0 Å². The van der Waals surface area contributed by atoms with Crippen molar-refractivity contribution in [3.63, 3.8) is 0 Å². The first-order valence-electron chi connectivity index (χ1n) is 6.79. The van der Waals surface area contributed by atoms with Crippen LogP contribution in [0.15, 0.2) is 12.1 Å². The molecule has 1 aliphatic rings. The average Bonchev–Trinajstić information content (AvgIpc) is 2.32. The number of nitrogens with zero attached hydrogens (tertiary/aromatic N) is 1. The van der Waals surface area contributed by atoms with Gasteiger partial charge in [-0.05, 0) is 49.9 Å². The first-order chi connectivity index (χ1) is 8.17. The molecule has 1 atom stereocenters. The minimum Gasteiger partial charge on any atom is -0.381 e. The molecule has 0 aliphatic carbocycles. The molecule has 1 aromatic rings. The molecule has 17 heavy (non-hydrogen) atoms. The second kappa shape index (κ2) is 4.99. The third kappa shape index (κ3) is 2.26. The van der Waals surface area contributed by atoms with Crippen LogP contribution in [0.4, 0.5) is 11.4 Å². The number of aryl methyl sites for hydroxylation is 2. The predicted molar refractivity (Wildman–Crippen MR) is 76.1 cm³/mol. The summed E-state index contributed by atoms with van der Waals surface area (Å²) >= 11 is 0. The summed E-state index contributed by atoms with van der Waals surface area (Å²) < 4.78 is 0. The molecule has 0 saturated carbocycles. The quantitative estimate of drug-likeness (QED) is 0.854. The molecule has 0 bridgehead atoms. The maximum absolute atomic E-state index is 3.58. The van der Waals surface area contributed by atoms with Gasteiger partial charge in [-0.2, -0.15) is 0 Å². The van der Waals surface area contributed by atoms with Crippen molar-refractivity contribution < 1.29 is 0 Å². The van der Waals surface area contributed by atoms with Crippen molar-refractivity contribution >= 4 is 11.4 Å². The van der Waals surface area contributed by atoms with Gasteiger partial charge >= 0.3 is 0 Å². The standard InChI is InChI=1S/C15H24N2/c1-5-7-17-13(6-2)10-16-14-8-11(3)12(4)9-15(14)17/h8-9,13,16H,5-7,10H2,1-4H3. The van der Waals surface area contributed by atoms with Crippen molar-refractivity contribution in [2.75, 3.05) is 23.3 Å². The van der Waals surface area contributed by atoms with Crippen molar-refractivity contribution in [2.45, 2.75) is 46.6 Å². The van der Waals surface area contributed by atoms with Crippen LogP contribution < -0.4 is 10.2 Å². The highest BCUT2D eigenvalue weighted by Gasteiger charge is 2.24. The van der Waals surface area contributed by atoms with Crippen LogP contribution in [0.3, 0.4) is 0 Å². The van der Waals surface area contributed by atoms with Gasteiger partial charge in [-0.25, -0.2) is 0 Å². The third-order valence-corrected chi connectivity index (χ3v) is 3.83. The van der Waals surface area contributed by atoms with Crippen LogP contribution >= 0.6 is 0 Å². The van der Waals surface area contributed by atoms with Crippen LogP contribution in [0.1, 0.15) is 37.8 Å². The summed E-state index contributed by atoms with van der Waals surface area (Å²) in [5.41, 5.74) is 5.48. The number of benzene rings is 1. The summed E-state index contributed by atoms with van der Waals surface area (Å²) in [5.74, 6) is 0. The Balaban J connectivity index is 2.40. The maximum atomic E-state index is 3.58. The fraction of sp³-hybridized carbons (Fsp3) is 0.600. The molecule has 0 amide bonds. The Labute approximate surface area is 105 Å². The SMILES string of the molecule is CCCN1c2cc(C)c(C)cc2NCC1CC. The lowest BCUT2D eigenvalue weighted by Gasteiger charge is -2.39. The highest BCUT2D eigenvalue weighted by atomic mass is 15.2. The molecular formula is C15H24N2. The fourth-order valence-electron chi connectivity index (χ4n) is 2.62. The monoisotopic (exact) mass is 232 g/mol. The molecule has 1 aromatic carbocycles. The molecule has 0 spiro atoms. The van der Waals surface area contributed by atoms with Crippen LogP contribution in [0.25, 0.3) is 0 Å². The van der Waals surface area contributed by atoms with Crippen LogP contribution in [-0.2, 0) is 0 Å². The van der Waals surface area contributed by atoms with E-state index in [1.807, 2.05) is 0 Å². The molecular weight excluding hydrogens is 208 g/mol. The van der Waals surface area contributed by atoms with Gasteiger partial charge in [0.2, 0.25) is 0 Å². The smallest absolute Gasteiger partial charge is 0.0608 e. The highest BCUT2D eigenvalue weighted by molar-refractivity contribution is 5.74. The van der Waals surface area contributed by atoms with E-state index in [2.05, 4.69) is 50.0 Å². The zero-order valence-electron chi connectivity index (χ0n) is 11.5. The molecule has 0 radical (unpaired) electrons. The summed E-state index contributed by atoms with van der Waals surface area (Å²) in [7, 11) is 0. The van der Waals surface area contributed by atoms with E-state index in [-0.39, 0.29) is 0 Å². The minimum atomic E-state index is 0.643. The van der Waals surface area contributed by atoms with Crippen molar-refractivity contribution in [3.8, 4) is 0 Å². The molecule has 2 heteroatoms. The number of anilines is 2. The van der Waals surface area contributed by atoms with Gasteiger partial charge in [0.15, 0.2) is 0 Å². The molecule has 0 saturated heterocycles. The van der Waals surface area contributed by atoms with E-state index in [0.29, 0.717) is 6.04 Å². The van der Waals surface area contributed by atoms with E-state index < -0.39 is 0 Å². The first kappa shape index (κ1) is 12.3. The minimum absolute atomic E-state index is 0.643. The van der Waals surface area contributed by atoms with Gasteiger partial charge in [-0.1, -0.05) is 13.8 Å². The molecule has 1 heterocycles. The van der Waals surface area contributed by atoms with Gasteiger partial charge in [0.1, 0.15) is 0 Å². The van der Waals surface area contributed by atoms with Crippen LogP contribution in [0, 0.1) is 13.8 Å². The van der Waals surface area contributed by atoms with Crippen molar-refractivity contribution in [1.82, 2.24) is 0 Å². The van der Waals surface area contributed by atoms with Crippen molar-refractivity contribution in [1.29, 1.82) is 0 Å². The molecule has 0 fully saturated rings. The third-order valence-electron chi connectivity index (χ3n) is 3.83. The Morgan fingerprint density at radius 1 is 1.24 bits per heavy atom. The molecule has 94 valence electrons. The average molecular weight is 232 g/mol. The van der Waals surface area contributed by atoms with Gasteiger partial charge in [0.25, 0.3) is 0 Å². The van der Waals surface area contributed by atoms with E-state index in [4.69, 9.17) is 0 Å². The number of hydrogen-bond acceptors (Lipinski definition) is 2.